The summed E-state index contributed by atoms with van der Waals surface area (Å²) in [6.45, 7) is 4.14. The number of rotatable bonds is 6. The van der Waals surface area contributed by atoms with Gasteiger partial charge >= 0.3 is 0 Å². The fourth-order valence-electron chi connectivity index (χ4n) is 3.00. The Labute approximate surface area is 172 Å². The zero-order chi connectivity index (χ0) is 21.1. The topological polar surface area (TPSA) is 85.8 Å². The van der Waals surface area contributed by atoms with Crippen molar-refractivity contribution in [3.8, 4) is 17.1 Å². The Balaban J connectivity index is 1.36. The van der Waals surface area contributed by atoms with Crippen molar-refractivity contribution in [3.63, 3.8) is 0 Å². The van der Waals surface area contributed by atoms with Gasteiger partial charge < -0.3 is 9.73 Å². The van der Waals surface area contributed by atoms with E-state index >= 15 is 0 Å². The molecule has 30 heavy (non-hydrogen) atoms. The minimum atomic E-state index is -0.340. The third kappa shape index (κ3) is 4.12. The Morgan fingerprint density at radius 2 is 1.83 bits per heavy atom. The van der Waals surface area contributed by atoms with Crippen molar-refractivity contribution < 1.29 is 13.6 Å². The molecule has 1 N–H and O–H groups in total. The van der Waals surface area contributed by atoms with Crippen molar-refractivity contribution in [2.45, 2.75) is 20.3 Å². The Kier molecular flexibility index (Phi) is 5.38. The number of amides is 1. The molecule has 0 aliphatic heterocycles. The molecule has 1 amide bonds. The summed E-state index contributed by atoms with van der Waals surface area (Å²) in [6.07, 6.45) is 2.11. The van der Waals surface area contributed by atoms with E-state index in [0.717, 1.165) is 11.3 Å². The summed E-state index contributed by atoms with van der Waals surface area (Å²) in [7, 11) is 0. The van der Waals surface area contributed by atoms with E-state index in [-0.39, 0.29) is 17.4 Å². The van der Waals surface area contributed by atoms with Crippen molar-refractivity contribution in [2.75, 3.05) is 6.54 Å². The summed E-state index contributed by atoms with van der Waals surface area (Å²) < 4.78 is 20.1. The van der Waals surface area contributed by atoms with Crippen LogP contribution in [0, 0.1) is 19.7 Å². The van der Waals surface area contributed by atoms with Crippen LogP contribution in [0.1, 0.15) is 27.4 Å². The zero-order valence-corrected chi connectivity index (χ0v) is 16.6. The highest BCUT2D eigenvalue weighted by Crippen LogP contribution is 2.19. The summed E-state index contributed by atoms with van der Waals surface area (Å²) in [5.74, 6) is -0.120. The Morgan fingerprint density at radius 3 is 2.57 bits per heavy atom. The van der Waals surface area contributed by atoms with Crippen LogP contribution in [0.4, 0.5) is 4.39 Å². The van der Waals surface area contributed by atoms with Crippen LogP contribution in [-0.2, 0) is 6.42 Å². The van der Waals surface area contributed by atoms with E-state index in [1.165, 1.54) is 22.4 Å². The lowest BCUT2D eigenvalue weighted by Gasteiger charge is -2.04. The average Bonchev–Trinajstić information content (AvgIpc) is 3.36. The van der Waals surface area contributed by atoms with Gasteiger partial charge in [0.2, 0.25) is 5.89 Å². The number of halogens is 1. The number of oxazole rings is 1. The molecular formula is C22H20FN5O2. The molecule has 0 saturated heterocycles. The summed E-state index contributed by atoms with van der Waals surface area (Å²) in [4.78, 5) is 16.9. The van der Waals surface area contributed by atoms with E-state index in [1.807, 2.05) is 31.2 Å². The van der Waals surface area contributed by atoms with Crippen LogP contribution in [0.15, 0.2) is 59.2 Å². The number of nitrogens with zero attached hydrogens (tertiary/aromatic N) is 4. The number of benzene rings is 2. The third-order valence-corrected chi connectivity index (χ3v) is 4.70. The summed E-state index contributed by atoms with van der Waals surface area (Å²) in [5.41, 5.74) is 4.25. The molecule has 152 valence electrons. The van der Waals surface area contributed by atoms with Gasteiger partial charge in [-0.3, -0.25) is 4.79 Å². The molecule has 0 spiro atoms. The van der Waals surface area contributed by atoms with Gasteiger partial charge in [-0.2, -0.15) is 0 Å². The Morgan fingerprint density at radius 1 is 1.10 bits per heavy atom. The number of hydrogen-bond donors (Lipinski definition) is 1. The lowest BCUT2D eigenvalue weighted by molar-refractivity contribution is 0.0948. The molecule has 0 unspecified atom stereocenters. The van der Waals surface area contributed by atoms with E-state index in [2.05, 4.69) is 20.6 Å². The molecule has 2 aromatic heterocycles. The van der Waals surface area contributed by atoms with Crippen LogP contribution in [0.5, 0.6) is 0 Å². The maximum atomic E-state index is 13.1. The fourth-order valence-corrected chi connectivity index (χ4v) is 3.00. The van der Waals surface area contributed by atoms with Gasteiger partial charge in [-0.05, 0) is 50.2 Å². The van der Waals surface area contributed by atoms with E-state index in [9.17, 15) is 9.18 Å². The second-order valence-corrected chi connectivity index (χ2v) is 6.93. The SMILES string of the molecule is Cc1ccc(-c2nc(CCNC(=O)c3nnn(-c4ccc(F)cc4)c3C)co2)cc1. The van der Waals surface area contributed by atoms with E-state index in [1.54, 1.807) is 25.3 Å². The second-order valence-electron chi connectivity index (χ2n) is 6.93. The zero-order valence-electron chi connectivity index (χ0n) is 16.6. The van der Waals surface area contributed by atoms with Crippen LogP contribution in [0.3, 0.4) is 0 Å². The van der Waals surface area contributed by atoms with Gasteiger partial charge in [-0.15, -0.1) is 5.10 Å². The first-order valence-corrected chi connectivity index (χ1v) is 9.49. The number of carbonyl (C=O) groups is 1. The summed E-state index contributed by atoms with van der Waals surface area (Å²) >= 11 is 0. The molecular weight excluding hydrogens is 385 g/mol. The Bertz CT molecular complexity index is 1160. The molecule has 0 saturated carbocycles. The van der Waals surface area contributed by atoms with Crippen LogP contribution in [0.2, 0.25) is 0 Å². The van der Waals surface area contributed by atoms with Gasteiger partial charge in [-0.1, -0.05) is 22.9 Å². The van der Waals surface area contributed by atoms with Gasteiger partial charge in [-0.25, -0.2) is 14.1 Å². The van der Waals surface area contributed by atoms with Gasteiger partial charge in [0.1, 0.15) is 12.1 Å². The average molecular weight is 405 g/mol. The van der Waals surface area contributed by atoms with Gasteiger partial charge in [0.05, 0.1) is 17.1 Å². The monoisotopic (exact) mass is 405 g/mol. The molecule has 0 atom stereocenters. The largest absolute Gasteiger partial charge is 0.444 e. The standard InChI is InChI=1S/C22H20FN5O2/c1-14-3-5-16(6-4-14)22-25-18(13-30-22)11-12-24-21(29)20-15(2)28(27-26-20)19-9-7-17(23)8-10-19/h3-10,13H,11-12H2,1-2H3,(H,24,29). The molecule has 0 aliphatic carbocycles. The molecule has 2 aromatic carbocycles. The molecule has 8 heteroatoms. The predicted octanol–water partition coefficient (Wildman–Crippen LogP) is 3.65. The summed E-state index contributed by atoms with van der Waals surface area (Å²) in [6, 6.07) is 13.7. The van der Waals surface area contributed by atoms with E-state index in [4.69, 9.17) is 4.42 Å². The first-order chi connectivity index (χ1) is 14.5. The first kappa shape index (κ1) is 19.5. The van der Waals surface area contributed by atoms with Crippen molar-refractivity contribution in [3.05, 3.63) is 83.3 Å². The number of carbonyl (C=O) groups excluding carboxylic acids is 1. The number of nitrogens with one attached hydrogen (secondary N) is 1. The normalized spacial score (nSPS) is 10.9. The molecule has 0 bridgehead atoms. The molecule has 7 nitrogen and oxygen atoms in total. The molecule has 0 aliphatic rings. The fraction of sp³-hybridized carbons (Fsp3) is 0.182. The first-order valence-electron chi connectivity index (χ1n) is 9.49. The van der Waals surface area contributed by atoms with Crippen molar-refractivity contribution in [1.82, 2.24) is 25.3 Å². The van der Waals surface area contributed by atoms with E-state index < -0.39 is 0 Å². The smallest absolute Gasteiger partial charge is 0.273 e. The Hall–Kier alpha value is -3.81. The van der Waals surface area contributed by atoms with Gasteiger partial charge in [0.25, 0.3) is 5.91 Å². The van der Waals surface area contributed by atoms with Crippen molar-refractivity contribution >= 4 is 5.91 Å². The highest BCUT2D eigenvalue weighted by atomic mass is 19.1. The molecule has 4 rings (SSSR count). The second kappa shape index (κ2) is 8.28. The maximum Gasteiger partial charge on any atom is 0.273 e. The molecule has 0 fully saturated rings. The predicted molar refractivity (Wildman–Crippen MR) is 109 cm³/mol. The third-order valence-electron chi connectivity index (χ3n) is 4.70. The molecule has 0 radical (unpaired) electrons. The van der Waals surface area contributed by atoms with Crippen LogP contribution >= 0.6 is 0 Å². The van der Waals surface area contributed by atoms with Crippen LogP contribution < -0.4 is 5.32 Å². The maximum absolute atomic E-state index is 13.1. The van der Waals surface area contributed by atoms with Crippen LogP contribution in [0.25, 0.3) is 17.1 Å². The van der Waals surface area contributed by atoms with Gasteiger partial charge in [0.15, 0.2) is 5.69 Å². The quantitative estimate of drug-likeness (QED) is 0.529. The minimum Gasteiger partial charge on any atom is -0.444 e. The van der Waals surface area contributed by atoms with Crippen molar-refractivity contribution in [1.29, 1.82) is 0 Å². The van der Waals surface area contributed by atoms with Gasteiger partial charge in [0, 0.05) is 18.5 Å². The number of hydrogen-bond acceptors (Lipinski definition) is 5. The minimum absolute atomic E-state index is 0.222. The number of aromatic nitrogens is 4. The molecule has 2 heterocycles. The lowest BCUT2D eigenvalue weighted by Crippen LogP contribution is -2.26. The highest BCUT2D eigenvalue weighted by Gasteiger charge is 2.17. The molecule has 4 aromatic rings. The number of aryl methyl sites for hydroxylation is 1. The summed E-state index contributed by atoms with van der Waals surface area (Å²) in [5, 5.41) is 10.8. The van der Waals surface area contributed by atoms with Crippen LogP contribution in [-0.4, -0.2) is 32.4 Å². The highest BCUT2D eigenvalue weighted by molar-refractivity contribution is 5.93. The van der Waals surface area contributed by atoms with E-state index in [0.29, 0.717) is 30.2 Å². The lowest BCUT2D eigenvalue weighted by atomic mass is 10.1. The van der Waals surface area contributed by atoms with Crippen molar-refractivity contribution in [2.24, 2.45) is 0 Å².